The van der Waals surface area contributed by atoms with E-state index in [2.05, 4.69) is 9.97 Å². The van der Waals surface area contributed by atoms with Gasteiger partial charge in [0, 0.05) is 42.7 Å². The van der Waals surface area contributed by atoms with E-state index >= 15 is 0 Å². The first-order valence-corrected chi connectivity index (χ1v) is 9.54. The van der Waals surface area contributed by atoms with Crippen LogP contribution < -0.4 is 4.74 Å². The van der Waals surface area contributed by atoms with Crippen molar-refractivity contribution < 1.29 is 14.6 Å². The maximum atomic E-state index is 12.9. The molecule has 146 valence electrons. The van der Waals surface area contributed by atoms with Crippen molar-refractivity contribution in [2.75, 3.05) is 20.3 Å². The zero-order valence-electron chi connectivity index (χ0n) is 15.2. The summed E-state index contributed by atoms with van der Waals surface area (Å²) >= 11 is 12.7. The van der Waals surface area contributed by atoms with Crippen molar-refractivity contribution in [2.45, 2.75) is 19.5 Å². The van der Waals surface area contributed by atoms with Crippen LogP contribution in [0, 0.1) is 0 Å². The van der Waals surface area contributed by atoms with E-state index in [0.717, 1.165) is 22.2 Å². The van der Waals surface area contributed by atoms with E-state index in [4.69, 9.17) is 27.9 Å². The van der Waals surface area contributed by atoms with E-state index in [1.54, 1.807) is 11.0 Å². The van der Waals surface area contributed by atoms with Gasteiger partial charge in [-0.3, -0.25) is 4.79 Å². The molecule has 1 aromatic carbocycles. The van der Waals surface area contributed by atoms with Crippen molar-refractivity contribution in [3.8, 4) is 5.75 Å². The van der Waals surface area contributed by atoms with Crippen LogP contribution in [-0.4, -0.2) is 50.7 Å². The Labute approximate surface area is 171 Å². The van der Waals surface area contributed by atoms with E-state index in [-0.39, 0.29) is 18.3 Å². The largest absolute Gasteiger partial charge is 0.494 e. The Morgan fingerprint density at radius 3 is 2.71 bits per heavy atom. The van der Waals surface area contributed by atoms with E-state index in [0.29, 0.717) is 41.8 Å². The van der Waals surface area contributed by atoms with Crippen LogP contribution in [0.2, 0.25) is 10.0 Å². The Kier molecular flexibility index (Phi) is 5.14. The molecule has 1 amide bonds. The lowest BCUT2D eigenvalue weighted by Crippen LogP contribution is -2.37. The molecule has 0 unspecified atom stereocenters. The quantitative estimate of drug-likeness (QED) is 0.701. The Bertz CT molecular complexity index is 1050. The van der Waals surface area contributed by atoms with Crippen LogP contribution in [0.15, 0.2) is 24.5 Å². The van der Waals surface area contributed by atoms with Gasteiger partial charge in [0.2, 0.25) is 5.82 Å². The first-order chi connectivity index (χ1) is 13.5. The Hall–Kier alpha value is -2.35. The summed E-state index contributed by atoms with van der Waals surface area (Å²) in [7, 11) is 1.52. The monoisotopic (exact) mass is 420 g/mol. The van der Waals surface area contributed by atoms with Crippen LogP contribution in [0.4, 0.5) is 0 Å². The number of ether oxygens (including phenoxy) is 1. The maximum Gasteiger partial charge on any atom is 0.291 e. The number of rotatable bonds is 4. The van der Waals surface area contributed by atoms with Gasteiger partial charge in [-0.05, 0) is 6.07 Å². The van der Waals surface area contributed by atoms with E-state index in [1.807, 2.05) is 10.6 Å². The second-order valence-corrected chi connectivity index (χ2v) is 7.27. The van der Waals surface area contributed by atoms with Gasteiger partial charge in [-0.25, -0.2) is 9.97 Å². The lowest BCUT2D eigenvalue weighted by Gasteiger charge is -2.27. The van der Waals surface area contributed by atoms with E-state index in [1.165, 1.54) is 19.5 Å². The number of fused-ring (bicyclic) bond motifs is 3. The van der Waals surface area contributed by atoms with Gasteiger partial charge >= 0.3 is 0 Å². The van der Waals surface area contributed by atoms with Crippen molar-refractivity contribution >= 4 is 40.0 Å². The van der Waals surface area contributed by atoms with Crippen LogP contribution in [0.1, 0.15) is 21.9 Å². The minimum Gasteiger partial charge on any atom is -0.494 e. The number of hydrogen-bond acceptors (Lipinski definition) is 5. The molecule has 0 fully saturated rings. The third-order valence-corrected chi connectivity index (χ3v) is 5.77. The number of benzene rings is 1. The number of methoxy groups -OCH3 is 1. The molecule has 7 nitrogen and oxygen atoms in total. The molecule has 28 heavy (non-hydrogen) atoms. The minimum atomic E-state index is -0.239. The minimum absolute atomic E-state index is 0.0125. The Morgan fingerprint density at radius 2 is 2.04 bits per heavy atom. The topological polar surface area (TPSA) is 80.5 Å². The van der Waals surface area contributed by atoms with Gasteiger partial charge in [0.1, 0.15) is 0 Å². The number of aliphatic hydroxyl groups is 1. The van der Waals surface area contributed by atoms with Gasteiger partial charge in [0.15, 0.2) is 5.75 Å². The predicted molar refractivity (Wildman–Crippen MR) is 106 cm³/mol. The van der Waals surface area contributed by atoms with Crippen molar-refractivity contribution in [1.82, 2.24) is 19.4 Å². The summed E-state index contributed by atoms with van der Waals surface area (Å²) in [6.45, 7) is 1.34. The number of aliphatic hydroxyl groups excluding tert-OH is 1. The lowest BCUT2D eigenvalue weighted by molar-refractivity contribution is 0.0721. The molecule has 0 saturated carbocycles. The Morgan fingerprint density at radius 1 is 1.29 bits per heavy atom. The molecule has 3 aromatic rings. The molecule has 9 heteroatoms. The van der Waals surface area contributed by atoms with Gasteiger partial charge < -0.3 is 19.3 Å². The molecular weight excluding hydrogens is 403 g/mol. The summed E-state index contributed by atoms with van der Waals surface area (Å²) in [5.74, 6) is 0.386. The number of aromatic nitrogens is 3. The van der Waals surface area contributed by atoms with Gasteiger partial charge in [-0.2, -0.15) is 0 Å². The van der Waals surface area contributed by atoms with Crippen molar-refractivity contribution in [2.24, 2.45) is 0 Å². The van der Waals surface area contributed by atoms with Crippen molar-refractivity contribution in [3.63, 3.8) is 0 Å². The van der Waals surface area contributed by atoms with E-state index in [9.17, 15) is 9.90 Å². The highest BCUT2D eigenvalue weighted by molar-refractivity contribution is 6.45. The molecule has 3 heterocycles. The van der Waals surface area contributed by atoms with Crippen LogP contribution in [-0.2, 0) is 19.5 Å². The highest BCUT2D eigenvalue weighted by Crippen LogP contribution is 2.38. The highest BCUT2D eigenvalue weighted by Gasteiger charge is 2.29. The molecule has 1 N–H and O–H groups in total. The molecule has 0 spiro atoms. The fraction of sp³-hybridized carbons (Fsp3) is 0.316. The predicted octanol–water partition coefficient (Wildman–Crippen LogP) is 2.94. The summed E-state index contributed by atoms with van der Waals surface area (Å²) in [6, 6.07) is 3.66. The molecule has 0 radical (unpaired) electrons. The first-order valence-electron chi connectivity index (χ1n) is 8.79. The molecular formula is C19H18Cl2N4O3. The molecule has 0 bridgehead atoms. The molecule has 4 rings (SSSR count). The fourth-order valence-corrected chi connectivity index (χ4v) is 4.09. The van der Waals surface area contributed by atoms with Crippen molar-refractivity contribution in [3.05, 3.63) is 51.7 Å². The zero-order valence-corrected chi connectivity index (χ0v) is 16.7. The van der Waals surface area contributed by atoms with Crippen LogP contribution in [0.3, 0.4) is 0 Å². The van der Waals surface area contributed by atoms with Crippen LogP contribution in [0.25, 0.3) is 10.9 Å². The Balaban J connectivity index is 1.72. The molecule has 0 aliphatic carbocycles. The summed E-state index contributed by atoms with van der Waals surface area (Å²) in [5.41, 5.74) is 2.87. The third-order valence-electron chi connectivity index (χ3n) is 4.97. The number of carbonyl (C=O) groups excluding carboxylic acids is 1. The number of amides is 1. The maximum absolute atomic E-state index is 12.9. The molecule has 1 aliphatic rings. The van der Waals surface area contributed by atoms with Crippen molar-refractivity contribution in [1.29, 1.82) is 0 Å². The second-order valence-electron chi connectivity index (χ2n) is 6.48. The normalized spacial score (nSPS) is 13.6. The summed E-state index contributed by atoms with van der Waals surface area (Å²) in [5, 5.41) is 11.4. The van der Waals surface area contributed by atoms with Gasteiger partial charge in [-0.1, -0.05) is 29.3 Å². The number of carbonyl (C=O) groups is 1. The SMILES string of the molecule is COc1cnc(C(=O)N2CCc3c(c4ccc(Cl)c(Cl)c4n3CCO)C2)nc1. The highest BCUT2D eigenvalue weighted by atomic mass is 35.5. The average Bonchev–Trinajstić information content (AvgIpc) is 3.04. The number of hydrogen-bond donors (Lipinski definition) is 1. The van der Waals surface area contributed by atoms with Gasteiger partial charge in [0.05, 0.1) is 41.7 Å². The standard InChI is InChI=1S/C19H18Cl2N4O3/c1-28-11-8-22-18(23-9-11)19(27)24-5-4-15-13(10-24)12-2-3-14(20)16(21)17(12)25(15)6-7-26/h2-3,8-9,26H,4-7,10H2,1H3. The van der Waals surface area contributed by atoms with Crippen LogP contribution >= 0.6 is 23.2 Å². The summed E-state index contributed by atoms with van der Waals surface area (Å²) in [4.78, 5) is 22.8. The smallest absolute Gasteiger partial charge is 0.291 e. The molecule has 2 aromatic heterocycles. The zero-order chi connectivity index (χ0) is 19.8. The van der Waals surface area contributed by atoms with Gasteiger partial charge in [0.25, 0.3) is 5.91 Å². The number of halogens is 2. The molecule has 1 aliphatic heterocycles. The van der Waals surface area contributed by atoms with E-state index < -0.39 is 0 Å². The third kappa shape index (κ3) is 3.09. The molecule has 0 saturated heterocycles. The summed E-state index contributed by atoms with van der Waals surface area (Å²) < 4.78 is 7.04. The van der Waals surface area contributed by atoms with Crippen LogP contribution in [0.5, 0.6) is 5.75 Å². The summed E-state index contributed by atoms with van der Waals surface area (Å²) in [6.07, 6.45) is 3.59. The van der Waals surface area contributed by atoms with Gasteiger partial charge in [-0.15, -0.1) is 0 Å². The molecule has 0 atom stereocenters. The second kappa shape index (κ2) is 7.58. The lowest BCUT2D eigenvalue weighted by atomic mass is 10.0. The number of nitrogens with zero attached hydrogens (tertiary/aromatic N) is 4. The first kappa shape index (κ1) is 19.0. The average molecular weight is 421 g/mol. The fourth-order valence-electron chi connectivity index (χ4n) is 3.67.